The van der Waals surface area contributed by atoms with E-state index in [1.807, 2.05) is 15.9 Å². The lowest BCUT2D eigenvalue weighted by Gasteiger charge is -2.47. The maximum absolute atomic E-state index is 13.3. The van der Waals surface area contributed by atoms with Crippen molar-refractivity contribution in [3.05, 3.63) is 69.2 Å². The Kier molecular flexibility index (Phi) is 16.0. The van der Waals surface area contributed by atoms with E-state index in [1.165, 1.54) is 22.5 Å². The van der Waals surface area contributed by atoms with Gasteiger partial charge in [-0.1, -0.05) is 63.9 Å². The van der Waals surface area contributed by atoms with Crippen LogP contribution in [0.1, 0.15) is 109 Å². The molecule has 0 saturated carbocycles. The number of morpholine rings is 1. The first-order valence-corrected chi connectivity index (χ1v) is 22.3. The first-order chi connectivity index (χ1) is 28.1. The van der Waals surface area contributed by atoms with Crippen molar-refractivity contribution in [1.82, 2.24) is 19.7 Å². The van der Waals surface area contributed by atoms with Crippen LogP contribution in [-0.4, -0.2) is 120 Å². The van der Waals surface area contributed by atoms with E-state index in [9.17, 15) is 19.5 Å². The third kappa shape index (κ3) is 12.0. The SMILES string of the molecule is CCCCN(CCCCCc1ccc(O)c2c1OCC(=O)N2)C(=O)CCOCCc1ccc(CCN2CCC3(CC2)CN(C(=O)c2cnc(C(C)C)s2)CCO3)cc1. The molecule has 1 aromatic heterocycles. The normalized spacial score (nSPS) is 16.6. The van der Waals surface area contributed by atoms with Crippen LogP contribution in [0.5, 0.6) is 11.5 Å². The molecule has 2 saturated heterocycles. The van der Waals surface area contributed by atoms with E-state index in [1.54, 1.807) is 12.3 Å². The summed E-state index contributed by atoms with van der Waals surface area (Å²) in [7, 11) is 0. The van der Waals surface area contributed by atoms with Crippen LogP contribution in [0.25, 0.3) is 0 Å². The van der Waals surface area contributed by atoms with Gasteiger partial charge in [0.2, 0.25) is 5.91 Å². The molecule has 2 fully saturated rings. The number of thiazole rings is 1. The fraction of sp³-hybridized carbons (Fsp3) is 0.600. The number of amides is 3. The minimum Gasteiger partial charge on any atom is -0.506 e. The molecule has 3 amide bonds. The first-order valence-electron chi connectivity index (χ1n) is 21.4. The lowest BCUT2D eigenvalue weighted by molar-refractivity contribution is -0.132. The van der Waals surface area contributed by atoms with Crippen molar-refractivity contribution in [3.63, 3.8) is 0 Å². The zero-order valence-electron chi connectivity index (χ0n) is 34.8. The van der Waals surface area contributed by atoms with Gasteiger partial charge in [-0.05, 0) is 74.1 Å². The Bertz CT molecular complexity index is 1810. The largest absolute Gasteiger partial charge is 0.506 e. The number of hydrogen-bond donors (Lipinski definition) is 2. The van der Waals surface area contributed by atoms with E-state index in [2.05, 4.69) is 60.2 Å². The fourth-order valence-electron chi connectivity index (χ4n) is 8.00. The number of piperidine rings is 1. The molecule has 58 heavy (non-hydrogen) atoms. The van der Waals surface area contributed by atoms with E-state index in [-0.39, 0.29) is 35.7 Å². The van der Waals surface area contributed by atoms with Crippen molar-refractivity contribution in [2.45, 2.75) is 103 Å². The highest BCUT2D eigenvalue weighted by Crippen LogP contribution is 2.39. The van der Waals surface area contributed by atoms with E-state index in [0.29, 0.717) is 56.7 Å². The molecule has 2 aromatic carbocycles. The lowest BCUT2D eigenvalue weighted by atomic mass is 9.89. The van der Waals surface area contributed by atoms with Gasteiger partial charge in [0.25, 0.3) is 11.8 Å². The van der Waals surface area contributed by atoms with Crippen LogP contribution in [0.4, 0.5) is 5.69 Å². The smallest absolute Gasteiger partial charge is 0.265 e. The summed E-state index contributed by atoms with van der Waals surface area (Å²) in [5, 5.41) is 13.8. The van der Waals surface area contributed by atoms with Gasteiger partial charge < -0.3 is 39.3 Å². The average molecular weight is 818 g/mol. The maximum Gasteiger partial charge on any atom is 0.265 e. The zero-order chi connectivity index (χ0) is 40.9. The van der Waals surface area contributed by atoms with Crippen LogP contribution in [0, 0.1) is 0 Å². The van der Waals surface area contributed by atoms with E-state index in [4.69, 9.17) is 14.2 Å². The van der Waals surface area contributed by atoms with Crippen LogP contribution in [0.2, 0.25) is 0 Å². The summed E-state index contributed by atoms with van der Waals surface area (Å²) in [6.45, 7) is 13.6. The predicted octanol–water partition coefficient (Wildman–Crippen LogP) is 6.84. The van der Waals surface area contributed by atoms with Crippen molar-refractivity contribution in [3.8, 4) is 11.5 Å². The molecule has 0 unspecified atom stereocenters. The summed E-state index contributed by atoms with van der Waals surface area (Å²) in [4.78, 5) is 49.8. The minimum absolute atomic E-state index is 0.0117. The van der Waals surface area contributed by atoms with Gasteiger partial charge in [0, 0.05) is 45.2 Å². The molecule has 0 radical (unpaired) electrons. The molecule has 4 heterocycles. The Morgan fingerprint density at radius 3 is 2.48 bits per heavy atom. The molecule has 6 rings (SSSR count). The van der Waals surface area contributed by atoms with Crippen LogP contribution < -0.4 is 10.1 Å². The third-order valence-corrected chi connectivity index (χ3v) is 12.9. The van der Waals surface area contributed by atoms with Gasteiger partial charge in [0.1, 0.15) is 16.3 Å². The summed E-state index contributed by atoms with van der Waals surface area (Å²) < 4.78 is 17.9. The molecule has 1 spiro atoms. The number of phenolic OH excluding ortho intramolecular Hbond substituents is 1. The van der Waals surface area contributed by atoms with E-state index in [0.717, 1.165) is 112 Å². The number of likely N-dealkylation sites (tertiary alicyclic amines) is 1. The summed E-state index contributed by atoms with van der Waals surface area (Å²) in [6.07, 6.45) is 11.4. The molecule has 0 aliphatic carbocycles. The van der Waals surface area contributed by atoms with E-state index >= 15 is 0 Å². The number of carbonyl (C=O) groups is 3. The minimum atomic E-state index is -0.268. The Hall–Kier alpha value is -4.04. The van der Waals surface area contributed by atoms with Gasteiger partial charge in [0.15, 0.2) is 12.4 Å². The molecule has 0 atom stereocenters. The van der Waals surface area contributed by atoms with Crippen LogP contribution in [0.3, 0.4) is 0 Å². The molecule has 3 aliphatic heterocycles. The topological polar surface area (TPSA) is 134 Å². The summed E-state index contributed by atoms with van der Waals surface area (Å²) in [6, 6.07) is 12.3. The second-order valence-electron chi connectivity index (χ2n) is 16.3. The summed E-state index contributed by atoms with van der Waals surface area (Å²) >= 11 is 1.51. The molecule has 13 heteroatoms. The zero-order valence-corrected chi connectivity index (χ0v) is 35.6. The van der Waals surface area contributed by atoms with Gasteiger partial charge in [-0.15, -0.1) is 11.3 Å². The first kappa shape index (κ1) is 43.5. The molecule has 3 aliphatic rings. The van der Waals surface area contributed by atoms with Crippen LogP contribution in [0.15, 0.2) is 42.6 Å². The second kappa shape index (κ2) is 21.3. The highest BCUT2D eigenvalue weighted by Gasteiger charge is 2.41. The number of phenols is 1. The fourth-order valence-corrected chi connectivity index (χ4v) is 8.89. The van der Waals surface area contributed by atoms with Crippen LogP contribution >= 0.6 is 11.3 Å². The number of fused-ring (bicyclic) bond motifs is 1. The number of anilines is 1. The number of nitrogens with one attached hydrogen (secondary N) is 1. The number of hydrogen-bond acceptors (Lipinski definition) is 10. The lowest BCUT2D eigenvalue weighted by Crippen LogP contribution is -2.58. The number of benzene rings is 2. The quantitative estimate of drug-likeness (QED) is 0.0929. The number of nitrogens with zero attached hydrogens (tertiary/aromatic N) is 4. The molecule has 3 aromatic rings. The number of aryl methyl sites for hydroxylation is 1. The van der Waals surface area contributed by atoms with E-state index < -0.39 is 0 Å². The van der Waals surface area contributed by atoms with Crippen LogP contribution in [-0.2, 0) is 38.3 Å². The Morgan fingerprint density at radius 2 is 1.74 bits per heavy atom. The van der Waals surface area contributed by atoms with Gasteiger partial charge in [0.05, 0.1) is 49.6 Å². The number of aromatic nitrogens is 1. The Balaban J connectivity index is 0.837. The molecular weight excluding hydrogens is 755 g/mol. The average Bonchev–Trinajstić information content (AvgIpc) is 3.74. The molecule has 316 valence electrons. The Labute approximate surface area is 348 Å². The molecular formula is C45H63N5O7S. The highest BCUT2D eigenvalue weighted by molar-refractivity contribution is 7.13. The van der Waals surface area contributed by atoms with Crippen molar-refractivity contribution in [2.75, 3.05) is 77.6 Å². The third-order valence-electron chi connectivity index (χ3n) is 11.6. The highest BCUT2D eigenvalue weighted by atomic mass is 32.1. The maximum atomic E-state index is 13.3. The molecule has 12 nitrogen and oxygen atoms in total. The monoisotopic (exact) mass is 817 g/mol. The van der Waals surface area contributed by atoms with Crippen molar-refractivity contribution in [1.29, 1.82) is 0 Å². The van der Waals surface area contributed by atoms with Crippen molar-refractivity contribution >= 4 is 34.7 Å². The van der Waals surface area contributed by atoms with Crippen molar-refractivity contribution in [2.24, 2.45) is 0 Å². The Morgan fingerprint density at radius 1 is 0.983 bits per heavy atom. The number of rotatable bonds is 20. The number of ether oxygens (including phenoxy) is 3. The number of aromatic hydroxyl groups is 1. The van der Waals surface area contributed by atoms with Gasteiger partial charge in [-0.2, -0.15) is 0 Å². The predicted molar refractivity (Wildman–Crippen MR) is 227 cm³/mol. The summed E-state index contributed by atoms with van der Waals surface area (Å²) in [5.41, 5.74) is 3.62. The van der Waals surface area contributed by atoms with Crippen molar-refractivity contribution < 1.29 is 33.7 Å². The van der Waals surface area contributed by atoms with Gasteiger partial charge >= 0.3 is 0 Å². The van der Waals surface area contributed by atoms with Gasteiger partial charge in [-0.3, -0.25) is 14.4 Å². The van der Waals surface area contributed by atoms with Gasteiger partial charge in [-0.25, -0.2) is 4.98 Å². The summed E-state index contributed by atoms with van der Waals surface area (Å²) in [5.74, 6) is 0.858. The number of carbonyl (C=O) groups excluding carboxylic acids is 3. The molecule has 0 bridgehead atoms. The second-order valence-corrected chi connectivity index (χ2v) is 17.4. The standard InChI is InChI=1S/C45H63N5O7S/c1-4-5-21-49(22-8-6-7-9-36-14-15-37(51)41-42(36)56-31-39(52)47-41)40(53)18-28-55-27-17-35-12-10-34(11-13-35)16-23-48-24-19-45(20-25-48)32-50(26-29-57-45)44(54)38-30-46-43(58-38)33(2)3/h10-15,30,33,51H,4-9,16-29,31-32H2,1-3H3,(H,47,52). The molecule has 2 N–H and O–H groups in total. The number of unbranched alkanes of at least 4 members (excludes halogenated alkanes) is 3.